The van der Waals surface area contributed by atoms with Gasteiger partial charge < -0.3 is 25.2 Å². The summed E-state index contributed by atoms with van der Waals surface area (Å²) in [7, 11) is 0. The molecule has 1 saturated heterocycles. The van der Waals surface area contributed by atoms with Crippen LogP contribution in [-0.4, -0.2) is 28.8 Å². The predicted octanol–water partition coefficient (Wildman–Crippen LogP) is 6.78. The van der Waals surface area contributed by atoms with Crippen LogP contribution in [0, 0.1) is 0 Å². The van der Waals surface area contributed by atoms with E-state index in [-0.39, 0.29) is 30.6 Å². The Hall–Kier alpha value is -3.95. The highest BCUT2D eigenvalue weighted by atomic mass is 32.2. The molecule has 4 aromatic carbocycles. The lowest BCUT2D eigenvalue weighted by Gasteiger charge is -2.36. The SMILES string of the molecule is CC(=O)NCc1cccc(-c2cccc(C3OC(CSc4ccc(NC(C)=O)cc4)CC(c4ccc(CO)cc4)O3)c2)c1. The Morgan fingerprint density at radius 2 is 1.53 bits per heavy atom. The monoisotopic (exact) mass is 596 g/mol. The first kappa shape index (κ1) is 30.5. The van der Waals surface area contributed by atoms with Crippen LogP contribution in [-0.2, 0) is 32.2 Å². The van der Waals surface area contributed by atoms with Gasteiger partial charge >= 0.3 is 0 Å². The lowest BCUT2D eigenvalue weighted by molar-refractivity contribution is -0.245. The Labute approximate surface area is 256 Å². The number of nitrogens with one attached hydrogen (secondary N) is 2. The first-order valence-electron chi connectivity index (χ1n) is 14.3. The van der Waals surface area contributed by atoms with Gasteiger partial charge in [0.25, 0.3) is 0 Å². The van der Waals surface area contributed by atoms with Crippen LogP contribution < -0.4 is 10.6 Å². The molecule has 1 aliphatic heterocycles. The zero-order chi connectivity index (χ0) is 30.2. The number of amides is 2. The normalized spacial score (nSPS) is 18.2. The fourth-order valence-electron chi connectivity index (χ4n) is 5.00. The summed E-state index contributed by atoms with van der Waals surface area (Å²) in [5.74, 6) is 0.575. The van der Waals surface area contributed by atoms with Crippen molar-refractivity contribution in [2.45, 2.75) is 56.8 Å². The zero-order valence-electron chi connectivity index (χ0n) is 24.3. The molecule has 1 heterocycles. The van der Waals surface area contributed by atoms with Crippen molar-refractivity contribution in [3.05, 3.63) is 119 Å². The van der Waals surface area contributed by atoms with E-state index in [0.29, 0.717) is 13.0 Å². The zero-order valence-corrected chi connectivity index (χ0v) is 25.1. The number of benzene rings is 4. The standard InChI is InChI=1S/C35H36N2O5S/c1-23(39)36-20-26-5-3-6-28(17-26)29-7-4-8-30(18-29)35-41-32(19-34(42-35)27-11-9-25(21-38)10-12-27)22-43-33-15-13-31(14-16-33)37-24(2)40/h3-18,32,34-35,38H,19-22H2,1-2H3,(H,36,39)(H,37,40). The maximum absolute atomic E-state index is 11.4. The number of hydrogen-bond donors (Lipinski definition) is 3. The van der Waals surface area contributed by atoms with Gasteiger partial charge in [0.1, 0.15) is 0 Å². The van der Waals surface area contributed by atoms with Gasteiger partial charge in [-0.15, -0.1) is 11.8 Å². The van der Waals surface area contributed by atoms with Crippen LogP contribution in [0.25, 0.3) is 11.1 Å². The third-order valence-electron chi connectivity index (χ3n) is 7.19. The van der Waals surface area contributed by atoms with Crippen molar-refractivity contribution in [3.63, 3.8) is 0 Å². The molecule has 1 aliphatic rings. The maximum atomic E-state index is 11.4. The Kier molecular flexibility index (Phi) is 10.3. The van der Waals surface area contributed by atoms with Crippen LogP contribution in [0.5, 0.6) is 0 Å². The van der Waals surface area contributed by atoms with Crippen LogP contribution in [0.1, 0.15) is 54.9 Å². The minimum atomic E-state index is -0.563. The van der Waals surface area contributed by atoms with Crippen molar-refractivity contribution in [3.8, 4) is 11.1 Å². The molecule has 2 amide bonds. The van der Waals surface area contributed by atoms with Crippen molar-refractivity contribution >= 4 is 29.3 Å². The second-order valence-electron chi connectivity index (χ2n) is 10.6. The molecule has 0 radical (unpaired) electrons. The summed E-state index contributed by atoms with van der Waals surface area (Å²) in [5, 5.41) is 15.2. The molecule has 0 aliphatic carbocycles. The van der Waals surface area contributed by atoms with Gasteiger partial charge in [0, 0.05) is 48.7 Å². The highest BCUT2D eigenvalue weighted by Gasteiger charge is 2.32. The lowest BCUT2D eigenvalue weighted by Crippen LogP contribution is -2.31. The molecule has 0 aromatic heterocycles. The van der Waals surface area contributed by atoms with Crippen molar-refractivity contribution in [1.29, 1.82) is 0 Å². The second-order valence-corrected chi connectivity index (χ2v) is 11.7. The van der Waals surface area contributed by atoms with E-state index in [1.807, 2.05) is 72.8 Å². The Balaban J connectivity index is 1.35. The van der Waals surface area contributed by atoms with Gasteiger partial charge in [-0.25, -0.2) is 0 Å². The molecule has 43 heavy (non-hydrogen) atoms. The van der Waals surface area contributed by atoms with Gasteiger partial charge in [-0.1, -0.05) is 60.7 Å². The first-order valence-corrected chi connectivity index (χ1v) is 15.3. The molecule has 0 spiro atoms. The predicted molar refractivity (Wildman–Crippen MR) is 169 cm³/mol. The second kappa shape index (κ2) is 14.5. The summed E-state index contributed by atoms with van der Waals surface area (Å²) in [6.45, 7) is 3.48. The fourth-order valence-corrected chi connectivity index (χ4v) is 5.92. The van der Waals surface area contributed by atoms with Crippen molar-refractivity contribution in [2.24, 2.45) is 0 Å². The molecule has 0 bridgehead atoms. The molecular weight excluding hydrogens is 560 g/mol. The number of hydrogen-bond acceptors (Lipinski definition) is 6. The number of aliphatic hydroxyl groups excluding tert-OH is 1. The molecule has 222 valence electrons. The maximum Gasteiger partial charge on any atom is 0.221 e. The fraction of sp³-hybridized carbons (Fsp3) is 0.257. The number of aliphatic hydroxyl groups is 1. The van der Waals surface area contributed by atoms with E-state index in [0.717, 1.165) is 49.7 Å². The van der Waals surface area contributed by atoms with Crippen LogP contribution in [0.15, 0.2) is 102 Å². The van der Waals surface area contributed by atoms with Gasteiger partial charge in [-0.2, -0.15) is 0 Å². The molecule has 3 unspecified atom stereocenters. The number of carbonyl (C=O) groups is 2. The third-order valence-corrected chi connectivity index (χ3v) is 8.33. The highest BCUT2D eigenvalue weighted by molar-refractivity contribution is 7.99. The van der Waals surface area contributed by atoms with Gasteiger partial charge in [0.15, 0.2) is 6.29 Å². The molecule has 8 heteroatoms. The van der Waals surface area contributed by atoms with Gasteiger partial charge in [0.2, 0.25) is 11.8 Å². The van der Waals surface area contributed by atoms with Gasteiger partial charge in [-0.05, 0) is 64.2 Å². The Bertz CT molecular complexity index is 1540. The molecule has 1 fully saturated rings. The molecule has 0 saturated carbocycles. The van der Waals surface area contributed by atoms with E-state index in [9.17, 15) is 14.7 Å². The molecule has 3 atom stereocenters. The van der Waals surface area contributed by atoms with Gasteiger partial charge in [-0.3, -0.25) is 9.59 Å². The van der Waals surface area contributed by atoms with E-state index in [2.05, 4.69) is 34.9 Å². The Morgan fingerprint density at radius 1 is 0.814 bits per heavy atom. The smallest absolute Gasteiger partial charge is 0.221 e. The third kappa shape index (κ3) is 8.55. The number of carbonyl (C=O) groups excluding carboxylic acids is 2. The number of ether oxygens (including phenoxy) is 2. The minimum Gasteiger partial charge on any atom is -0.392 e. The number of rotatable bonds is 10. The Morgan fingerprint density at radius 3 is 2.23 bits per heavy atom. The van der Waals surface area contributed by atoms with E-state index in [1.165, 1.54) is 13.8 Å². The summed E-state index contributed by atoms with van der Waals surface area (Å²) in [4.78, 5) is 23.8. The van der Waals surface area contributed by atoms with E-state index in [4.69, 9.17) is 9.47 Å². The molecule has 3 N–H and O–H groups in total. The minimum absolute atomic E-state index is 0.00363. The molecule has 4 aromatic rings. The van der Waals surface area contributed by atoms with Crippen LogP contribution in [0.3, 0.4) is 0 Å². The molecular formula is C35H36N2O5S. The largest absolute Gasteiger partial charge is 0.392 e. The summed E-state index contributed by atoms with van der Waals surface area (Å²) in [5.41, 5.74) is 6.71. The summed E-state index contributed by atoms with van der Waals surface area (Å²) >= 11 is 1.71. The van der Waals surface area contributed by atoms with E-state index >= 15 is 0 Å². The lowest BCUT2D eigenvalue weighted by atomic mass is 9.99. The summed E-state index contributed by atoms with van der Waals surface area (Å²) in [6, 6.07) is 32.0. The van der Waals surface area contributed by atoms with Crippen LogP contribution >= 0.6 is 11.8 Å². The van der Waals surface area contributed by atoms with Gasteiger partial charge in [0.05, 0.1) is 18.8 Å². The summed E-state index contributed by atoms with van der Waals surface area (Å²) in [6.07, 6.45) is -0.127. The highest BCUT2D eigenvalue weighted by Crippen LogP contribution is 2.40. The summed E-state index contributed by atoms with van der Waals surface area (Å²) < 4.78 is 13.1. The average molecular weight is 597 g/mol. The quantitative estimate of drug-likeness (QED) is 0.175. The first-order chi connectivity index (χ1) is 20.9. The average Bonchev–Trinajstić information content (AvgIpc) is 3.03. The van der Waals surface area contributed by atoms with Crippen molar-refractivity contribution in [1.82, 2.24) is 5.32 Å². The van der Waals surface area contributed by atoms with E-state index in [1.54, 1.807) is 11.8 Å². The van der Waals surface area contributed by atoms with Crippen molar-refractivity contribution < 1.29 is 24.2 Å². The molecule has 7 nitrogen and oxygen atoms in total. The van der Waals surface area contributed by atoms with E-state index < -0.39 is 6.29 Å². The van der Waals surface area contributed by atoms with Crippen molar-refractivity contribution in [2.75, 3.05) is 11.1 Å². The van der Waals surface area contributed by atoms with Crippen LogP contribution in [0.4, 0.5) is 5.69 Å². The molecule has 5 rings (SSSR count). The topological polar surface area (TPSA) is 96.9 Å². The number of thioether (sulfide) groups is 1. The van der Waals surface area contributed by atoms with Crippen LogP contribution in [0.2, 0.25) is 0 Å². The number of anilines is 1.